The molecule has 1 amide bonds. The molecule has 1 saturated heterocycles. The van der Waals surface area contributed by atoms with Crippen LogP contribution in [0.3, 0.4) is 0 Å². The smallest absolute Gasteiger partial charge is 0.387 e. The highest BCUT2D eigenvalue weighted by atomic mass is 35.5. The van der Waals surface area contributed by atoms with E-state index < -0.39 is 24.1 Å². The number of rotatable bonds is 12. The summed E-state index contributed by atoms with van der Waals surface area (Å²) in [5.74, 6) is 0.125. The van der Waals surface area contributed by atoms with Crippen LogP contribution in [0.15, 0.2) is 60.9 Å². The third kappa shape index (κ3) is 7.85. The molecule has 222 valence electrons. The lowest BCUT2D eigenvalue weighted by Crippen LogP contribution is -2.41. The first-order valence-electron chi connectivity index (χ1n) is 13.4. The van der Waals surface area contributed by atoms with Gasteiger partial charge in [0.15, 0.2) is 16.9 Å². The summed E-state index contributed by atoms with van der Waals surface area (Å²) in [5.41, 5.74) is 1.80. The number of amides is 1. The lowest BCUT2D eigenvalue weighted by Gasteiger charge is -2.26. The maximum absolute atomic E-state index is 13.6. The number of benzene rings is 2. The first-order chi connectivity index (χ1) is 20.3. The lowest BCUT2D eigenvalue weighted by atomic mass is 10.0. The molecular weight excluding hydrogens is 609 g/mol. The van der Waals surface area contributed by atoms with Gasteiger partial charge in [-0.15, -0.1) is 11.8 Å². The van der Waals surface area contributed by atoms with E-state index in [0.29, 0.717) is 35.9 Å². The number of carbonyl (C=O) groups excluding carboxylic acids is 2. The van der Waals surface area contributed by atoms with Gasteiger partial charge in [0, 0.05) is 31.1 Å². The molecule has 12 heteroatoms. The summed E-state index contributed by atoms with van der Waals surface area (Å²) in [6, 6.07) is 13.7. The average molecular weight is 638 g/mol. The summed E-state index contributed by atoms with van der Waals surface area (Å²) >= 11 is 14.1. The molecule has 0 radical (unpaired) electrons. The van der Waals surface area contributed by atoms with E-state index in [2.05, 4.69) is 9.72 Å². The van der Waals surface area contributed by atoms with Crippen molar-refractivity contribution in [2.75, 3.05) is 18.9 Å². The molecule has 0 spiro atoms. The van der Waals surface area contributed by atoms with Gasteiger partial charge in [-0.2, -0.15) is 8.78 Å². The van der Waals surface area contributed by atoms with Gasteiger partial charge in [-0.05, 0) is 47.6 Å². The van der Waals surface area contributed by atoms with Crippen LogP contribution in [-0.2, 0) is 27.2 Å². The van der Waals surface area contributed by atoms with Gasteiger partial charge in [0.1, 0.15) is 6.10 Å². The van der Waals surface area contributed by atoms with Gasteiger partial charge in [-0.25, -0.2) is 4.79 Å². The molecule has 7 nitrogen and oxygen atoms in total. The number of alkyl halides is 2. The fourth-order valence-electron chi connectivity index (χ4n) is 4.56. The van der Waals surface area contributed by atoms with Gasteiger partial charge < -0.3 is 19.1 Å². The molecule has 0 unspecified atom stereocenters. The van der Waals surface area contributed by atoms with Gasteiger partial charge in [0.2, 0.25) is 5.91 Å². The van der Waals surface area contributed by atoms with E-state index in [1.165, 1.54) is 47.3 Å². The fraction of sp³-hybridized carbons (Fsp3) is 0.367. The lowest BCUT2D eigenvalue weighted by molar-refractivity contribution is -0.155. The summed E-state index contributed by atoms with van der Waals surface area (Å²) in [6.45, 7) is -2.28. The minimum atomic E-state index is -3.04. The number of esters is 1. The van der Waals surface area contributed by atoms with Crippen molar-refractivity contribution in [2.45, 2.75) is 43.8 Å². The molecule has 2 fully saturated rings. The zero-order chi connectivity index (χ0) is 29.6. The first-order valence-corrected chi connectivity index (χ1v) is 15.2. The summed E-state index contributed by atoms with van der Waals surface area (Å²) in [5, 5.41) is -0.290. The van der Waals surface area contributed by atoms with E-state index in [-0.39, 0.29) is 40.3 Å². The standard InChI is InChI=1S/C30H28Cl2F2N2O5S/c31-22-15-35-16-23(32)21(22)14-25(20-8-9-24(41-30(33)34)26(13-20)39-17-19-6-7-19)40-29(38)28-36(10-11-42-28)27(37)12-18-4-2-1-3-5-18/h1-5,8-9,13,15-16,19,25,28,30H,6-7,10-12,14,17H2/t25-,28-/m0/s1. The molecule has 42 heavy (non-hydrogen) atoms. The molecule has 2 heterocycles. The predicted octanol–water partition coefficient (Wildman–Crippen LogP) is 6.75. The number of hydrogen-bond donors (Lipinski definition) is 0. The molecule has 0 bridgehead atoms. The van der Waals surface area contributed by atoms with E-state index >= 15 is 0 Å². The highest BCUT2D eigenvalue weighted by molar-refractivity contribution is 8.00. The Morgan fingerprint density at radius 3 is 2.48 bits per heavy atom. The second-order valence-electron chi connectivity index (χ2n) is 10.0. The second kappa shape index (κ2) is 13.9. The molecular formula is C30H28Cl2F2N2O5S. The van der Waals surface area contributed by atoms with Crippen LogP contribution >= 0.6 is 35.0 Å². The zero-order valence-electron chi connectivity index (χ0n) is 22.4. The number of pyridine rings is 1. The Kier molecular flexibility index (Phi) is 10.1. The van der Waals surface area contributed by atoms with Gasteiger partial charge in [-0.3, -0.25) is 9.78 Å². The average Bonchev–Trinajstić information content (AvgIpc) is 3.66. The van der Waals surface area contributed by atoms with Crippen molar-refractivity contribution in [1.29, 1.82) is 0 Å². The van der Waals surface area contributed by atoms with Crippen molar-refractivity contribution >= 4 is 46.8 Å². The summed E-state index contributed by atoms with van der Waals surface area (Å²) in [6.07, 6.45) is 4.16. The molecule has 5 rings (SSSR count). The number of thioether (sulfide) groups is 1. The van der Waals surface area contributed by atoms with E-state index in [4.69, 9.17) is 32.7 Å². The van der Waals surface area contributed by atoms with Crippen LogP contribution in [0.2, 0.25) is 10.0 Å². The van der Waals surface area contributed by atoms with Crippen LogP contribution in [0.5, 0.6) is 11.5 Å². The minimum absolute atomic E-state index is 0.0678. The molecule has 1 saturated carbocycles. The quantitative estimate of drug-likeness (QED) is 0.204. The molecule has 2 aliphatic rings. The van der Waals surface area contributed by atoms with Gasteiger partial charge in [0.05, 0.1) is 23.1 Å². The number of halogens is 4. The Hall–Kier alpha value is -3.08. The molecule has 3 aromatic rings. The fourth-order valence-corrected chi connectivity index (χ4v) is 6.20. The Morgan fingerprint density at radius 1 is 1.05 bits per heavy atom. The predicted molar refractivity (Wildman–Crippen MR) is 156 cm³/mol. The Balaban J connectivity index is 1.41. The zero-order valence-corrected chi connectivity index (χ0v) is 24.7. The van der Waals surface area contributed by atoms with E-state index in [1.807, 2.05) is 30.3 Å². The Morgan fingerprint density at radius 2 is 1.79 bits per heavy atom. The second-order valence-corrected chi connectivity index (χ2v) is 12.0. The van der Waals surface area contributed by atoms with E-state index in [1.54, 1.807) is 0 Å². The maximum Gasteiger partial charge on any atom is 0.387 e. The third-order valence-electron chi connectivity index (χ3n) is 6.94. The first kappa shape index (κ1) is 30.4. The largest absolute Gasteiger partial charge is 0.489 e. The van der Waals surface area contributed by atoms with Crippen LogP contribution in [0, 0.1) is 5.92 Å². The number of aromatic nitrogens is 1. The van der Waals surface area contributed by atoms with Crippen molar-refractivity contribution in [3.8, 4) is 11.5 Å². The van der Waals surface area contributed by atoms with Crippen molar-refractivity contribution in [2.24, 2.45) is 5.92 Å². The van der Waals surface area contributed by atoms with Crippen LogP contribution in [-0.4, -0.2) is 52.7 Å². The SMILES string of the molecule is O=C(O[C@@H](Cc1c(Cl)cncc1Cl)c1ccc(OC(F)F)c(OCC2CC2)c1)[C@@H]1SCCN1C(=O)Cc1ccccc1. The molecule has 2 atom stereocenters. The van der Waals surface area contributed by atoms with Crippen molar-refractivity contribution in [3.05, 3.63) is 87.7 Å². The minimum Gasteiger partial charge on any atom is -0.489 e. The van der Waals surface area contributed by atoms with Crippen molar-refractivity contribution in [3.63, 3.8) is 0 Å². The molecule has 1 aliphatic carbocycles. The van der Waals surface area contributed by atoms with E-state index in [0.717, 1.165) is 18.4 Å². The number of carbonyl (C=O) groups is 2. The third-order valence-corrected chi connectivity index (χ3v) is 8.77. The molecule has 0 N–H and O–H groups in total. The highest BCUT2D eigenvalue weighted by Crippen LogP contribution is 2.38. The Bertz CT molecular complexity index is 1390. The monoisotopic (exact) mass is 636 g/mol. The topological polar surface area (TPSA) is 78.0 Å². The highest BCUT2D eigenvalue weighted by Gasteiger charge is 2.37. The number of nitrogens with zero attached hydrogens (tertiary/aromatic N) is 2. The summed E-state index contributed by atoms with van der Waals surface area (Å²) in [7, 11) is 0. The number of ether oxygens (including phenoxy) is 3. The Labute approximate surface area is 256 Å². The van der Waals surface area contributed by atoms with Crippen LogP contribution in [0.1, 0.15) is 35.6 Å². The molecule has 2 aromatic carbocycles. The van der Waals surface area contributed by atoms with E-state index in [9.17, 15) is 18.4 Å². The van der Waals surface area contributed by atoms with Crippen molar-refractivity contribution in [1.82, 2.24) is 9.88 Å². The maximum atomic E-state index is 13.6. The summed E-state index contributed by atoms with van der Waals surface area (Å²) in [4.78, 5) is 32.3. The molecule has 1 aromatic heterocycles. The van der Waals surface area contributed by atoms with Crippen molar-refractivity contribution < 1.29 is 32.6 Å². The van der Waals surface area contributed by atoms with Crippen LogP contribution in [0.25, 0.3) is 0 Å². The van der Waals surface area contributed by atoms with Crippen LogP contribution < -0.4 is 9.47 Å². The normalized spacial score (nSPS) is 17.3. The summed E-state index contributed by atoms with van der Waals surface area (Å²) < 4.78 is 42.8. The van der Waals surface area contributed by atoms with Gasteiger partial charge in [-0.1, -0.05) is 59.6 Å². The number of hydrogen-bond acceptors (Lipinski definition) is 7. The van der Waals surface area contributed by atoms with Gasteiger partial charge >= 0.3 is 12.6 Å². The van der Waals surface area contributed by atoms with Crippen LogP contribution in [0.4, 0.5) is 8.78 Å². The molecule has 1 aliphatic heterocycles. The van der Waals surface area contributed by atoms with Gasteiger partial charge in [0.25, 0.3) is 0 Å².